The molecule has 0 saturated carbocycles. The second kappa shape index (κ2) is 5.88. The van der Waals surface area contributed by atoms with Crippen molar-refractivity contribution >= 4 is 22.9 Å². The van der Waals surface area contributed by atoms with Gasteiger partial charge < -0.3 is 15.0 Å². The first-order valence-electron chi connectivity index (χ1n) is 7.80. The van der Waals surface area contributed by atoms with E-state index >= 15 is 0 Å². The van der Waals surface area contributed by atoms with E-state index in [1.165, 1.54) is 0 Å². The second-order valence-electron chi connectivity index (χ2n) is 6.04. The molecule has 1 aliphatic heterocycles. The van der Waals surface area contributed by atoms with Gasteiger partial charge in [0, 0.05) is 16.9 Å². The van der Waals surface area contributed by atoms with Gasteiger partial charge in [0.15, 0.2) is 0 Å². The third kappa shape index (κ3) is 2.64. The summed E-state index contributed by atoms with van der Waals surface area (Å²) in [6, 6.07) is 13.5. The zero-order chi connectivity index (χ0) is 17.4. The van der Waals surface area contributed by atoms with Crippen LogP contribution < -0.4 is 5.32 Å². The predicted octanol–water partition coefficient (Wildman–Crippen LogP) is 3.85. The number of aromatic amines is 1. The normalized spacial score (nSPS) is 19.6. The molecule has 1 amide bonds. The lowest BCUT2D eigenvalue weighted by atomic mass is 9.87. The fourth-order valence-electron chi connectivity index (χ4n) is 3.09. The third-order valence-electron chi connectivity index (χ3n) is 4.49. The Morgan fingerprint density at radius 1 is 1.28 bits per heavy atom. The van der Waals surface area contributed by atoms with Gasteiger partial charge in [0.05, 0.1) is 0 Å². The summed E-state index contributed by atoms with van der Waals surface area (Å²) in [5.74, 6) is -0.167. The van der Waals surface area contributed by atoms with Crippen LogP contribution in [-0.2, 0) is 15.1 Å². The van der Waals surface area contributed by atoms with Crippen molar-refractivity contribution in [1.29, 1.82) is 5.26 Å². The number of fused-ring (bicyclic) bond motifs is 1. The monoisotopic (exact) mass is 349 g/mol. The number of rotatable bonds is 2. The number of H-pyrrole nitrogens is 1. The Morgan fingerprint density at radius 3 is 2.88 bits per heavy atom. The van der Waals surface area contributed by atoms with Gasteiger partial charge in [-0.15, -0.1) is 0 Å². The average molecular weight is 349 g/mol. The molecule has 25 heavy (non-hydrogen) atoms. The van der Waals surface area contributed by atoms with Crippen molar-refractivity contribution in [1.82, 2.24) is 4.98 Å². The largest absolute Gasteiger partial charge is 0.356 e. The summed E-state index contributed by atoms with van der Waals surface area (Å²) < 4.78 is 6.02. The summed E-state index contributed by atoms with van der Waals surface area (Å²) in [5.41, 5.74) is 4.21. The first-order chi connectivity index (χ1) is 12.1. The van der Waals surface area contributed by atoms with Crippen LogP contribution >= 0.6 is 11.3 Å². The number of nitrogens with one attached hydrogen (secondary N) is 2. The van der Waals surface area contributed by atoms with Crippen molar-refractivity contribution in [3.63, 3.8) is 0 Å². The maximum absolute atomic E-state index is 12.0. The van der Waals surface area contributed by atoms with Crippen LogP contribution in [0.15, 0.2) is 47.2 Å². The van der Waals surface area contributed by atoms with Gasteiger partial charge in [0.2, 0.25) is 5.91 Å². The minimum Gasteiger partial charge on any atom is -0.356 e. The van der Waals surface area contributed by atoms with Crippen molar-refractivity contribution in [2.75, 3.05) is 11.9 Å². The Kier molecular flexibility index (Phi) is 3.68. The molecule has 0 bridgehead atoms. The number of nitriles is 1. The molecule has 4 rings (SSSR count). The van der Waals surface area contributed by atoms with Gasteiger partial charge in [-0.25, -0.2) is 0 Å². The van der Waals surface area contributed by atoms with Gasteiger partial charge in [-0.1, -0.05) is 6.07 Å². The van der Waals surface area contributed by atoms with E-state index in [9.17, 15) is 4.79 Å². The van der Waals surface area contributed by atoms with Crippen molar-refractivity contribution < 1.29 is 9.53 Å². The van der Waals surface area contributed by atoms with Crippen LogP contribution in [0, 0.1) is 11.3 Å². The fraction of sp³-hybridized carbons (Fsp3) is 0.158. The molecule has 0 radical (unpaired) electrons. The van der Waals surface area contributed by atoms with Crippen molar-refractivity contribution in [2.24, 2.45) is 0 Å². The number of anilines is 1. The molecule has 0 fully saturated rings. The number of hydrogen-bond donors (Lipinski definition) is 2. The second-order valence-corrected chi connectivity index (χ2v) is 6.82. The summed E-state index contributed by atoms with van der Waals surface area (Å²) >= 11 is 1.59. The van der Waals surface area contributed by atoms with E-state index in [1.807, 2.05) is 48.0 Å². The molecule has 6 heteroatoms. The lowest BCUT2D eigenvalue weighted by Gasteiger charge is -2.29. The average Bonchev–Trinajstić information content (AvgIpc) is 3.30. The lowest BCUT2D eigenvalue weighted by molar-refractivity contribution is -0.124. The van der Waals surface area contributed by atoms with Crippen LogP contribution in [-0.4, -0.2) is 17.5 Å². The Hall–Kier alpha value is -2.88. The van der Waals surface area contributed by atoms with Gasteiger partial charge in [-0.3, -0.25) is 4.79 Å². The van der Waals surface area contributed by atoms with Crippen molar-refractivity contribution in [2.45, 2.75) is 12.5 Å². The number of hydrogen-bond acceptors (Lipinski definition) is 4. The zero-order valence-corrected chi connectivity index (χ0v) is 14.3. The van der Waals surface area contributed by atoms with E-state index in [-0.39, 0.29) is 12.5 Å². The minimum absolute atomic E-state index is 0.00254. The van der Waals surface area contributed by atoms with Crippen LogP contribution in [0.5, 0.6) is 0 Å². The van der Waals surface area contributed by atoms with Gasteiger partial charge in [0.25, 0.3) is 0 Å². The molecule has 0 saturated heterocycles. The first kappa shape index (κ1) is 15.6. The highest BCUT2D eigenvalue weighted by atomic mass is 32.1. The van der Waals surface area contributed by atoms with Gasteiger partial charge in [0.1, 0.15) is 24.0 Å². The quantitative estimate of drug-likeness (QED) is 0.738. The number of amides is 1. The number of benzene rings is 1. The molecule has 0 aliphatic carbocycles. The first-order valence-corrected chi connectivity index (χ1v) is 8.75. The van der Waals surface area contributed by atoms with E-state index in [0.29, 0.717) is 5.69 Å². The molecular weight excluding hydrogens is 334 g/mol. The Bertz CT molecular complexity index is 985. The molecule has 3 heterocycles. The molecular formula is C19H15N3O2S. The van der Waals surface area contributed by atoms with E-state index < -0.39 is 5.60 Å². The smallest absolute Gasteiger partial charge is 0.250 e. The summed E-state index contributed by atoms with van der Waals surface area (Å²) in [4.78, 5) is 15.1. The van der Waals surface area contributed by atoms with E-state index in [2.05, 4.69) is 16.4 Å². The summed E-state index contributed by atoms with van der Waals surface area (Å²) in [7, 11) is 0. The maximum Gasteiger partial charge on any atom is 0.250 e. The Labute approximate surface area is 148 Å². The number of aromatic nitrogens is 1. The molecule has 1 aromatic carbocycles. The Balaban J connectivity index is 1.89. The number of carbonyl (C=O) groups is 1. The Morgan fingerprint density at radius 2 is 2.16 bits per heavy atom. The van der Waals surface area contributed by atoms with E-state index in [4.69, 9.17) is 10.00 Å². The number of thiophene rings is 1. The topological polar surface area (TPSA) is 77.9 Å². The van der Waals surface area contributed by atoms with Gasteiger partial charge >= 0.3 is 0 Å². The summed E-state index contributed by atoms with van der Waals surface area (Å²) in [6.45, 7) is 1.98. The lowest BCUT2D eigenvalue weighted by Crippen LogP contribution is -2.27. The summed E-state index contributed by atoms with van der Waals surface area (Å²) in [6.07, 6.45) is 0. The van der Waals surface area contributed by atoms with Crippen LogP contribution in [0.4, 0.5) is 5.69 Å². The number of nitrogens with zero attached hydrogens (tertiary/aromatic N) is 1. The fourth-order valence-corrected chi connectivity index (χ4v) is 3.85. The minimum atomic E-state index is -0.727. The highest BCUT2D eigenvalue weighted by molar-refractivity contribution is 7.08. The standard InChI is InChI=1S/C19H15N3O2S/c1-19(13-6-7-25-11-13)15-8-12(16-5-3-14(9-20)21-16)2-4-17(15)22-18(23)10-24-19/h2-8,11,21H,10H2,1H3,(H,22,23)/t19-/m0/s1. The van der Waals surface area contributed by atoms with Crippen molar-refractivity contribution in [3.8, 4) is 17.3 Å². The molecule has 1 atom stereocenters. The van der Waals surface area contributed by atoms with Crippen LogP contribution in [0.25, 0.3) is 11.3 Å². The van der Waals surface area contributed by atoms with Crippen LogP contribution in [0.1, 0.15) is 23.7 Å². The predicted molar refractivity (Wildman–Crippen MR) is 96.3 cm³/mol. The number of carbonyl (C=O) groups excluding carboxylic acids is 1. The van der Waals surface area contributed by atoms with E-state index in [1.54, 1.807) is 17.4 Å². The van der Waals surface area contributed by atoms with Crippen LogP contribution in [0.3, 0.4) is 0 Å². The summed E-state index contributed by atoms with van der Waals surface area (Å²) in [5, 5.41) is 16.0. The number of ether oxygens (including phenoxy) is 1. The highest BCUT2D eigenvalue weighted by Gasteiger charge is 2.36. The molecule has 5 nitrogen and oxygen atoms in total. The highest BCUT2D eigenvalue weighted by Crippen LogP contribution is 2.41. The molecule has 124 valence electrons. The molecule has 2 aromatic heterocycles. The maximum atomic E-state index is 12.0. The SMILES string of the molecule is C[C@@]1(c2ccsc2)OCC(=O)Nc2ccc(-c3ccc(C#N)[nH]3)cc21. The van der Waals surface area contributed by atoms with Gasteiger partial charge in [-0.2, -0.15) is 16.6 Å². The van der Waals surface area contributed by atoms with Crippen molar-refractivity contribution in [3.05, 3.63) is 64.0 Å². The molecule has 1 aliphatic rings. The zero-order valence-electron chi connectivity index (χ0n) is 13.5. The molecule has 0 unspecified atom stereocenters. The molecule has 2 N–H and O–H groups in total. The van der Waals surface area contributed by atoms with Gasteiger partial charge in [-0.05, 0) is 59.1 Å². The van der Waals surface area contributed by atoms with E-state index in [0.717, 1.165) is 28.1 Å². The molecule has 3 aromatic rings. The van der Waals surface area contributed by atoms with Crippen LogP contribution in [0.2, 0.25) is 0 Å². The third-order valence-corrected chi connectivity index (χ3v) is 5.17. The molecule has 0 spiro atoms.